The molecule has 0 aliphatic heterocycles. The molecule has 1 amide bonds. The van der Waals surface area contributed by atoms with E-state index in [2.05, 4.69) is 13.2 Å². The Labute approximate surface area is 100 Å². The Balaban J connectivity index is 3.03. The number of aliphatic hydroxyl groups excluding tert-OH is 2. The highest BCUT2D eigenvalue weighted by atomic mass is 16.3. The van der Waals surface area contributed by atoms with Crippen molar-refractivity contribution in [2.75, 3.05) is 0 Å². The third kappa shape index (κ3) is 3.03. The maximum Gasteiger partial charge on any atom is 0.258 e. The van der Waals surface area contributed by atoms with Crippen molar-refractivity contribution in [2.24, 2.45) is 0 Å². The predicted octanol–water partition coefficient (Wildman–Crippen LogP) is 1.14. The van der Waals surface area contributed by atoms with Crippen LogP contribution in [0.2, 0.25) is 0 Å². The lowest BCUT2D eigenvalue weighted by Crippen LogP contribution is -2.45. The van der Waals surface area contributed by atoms with Gasteiger partial charge in [0.15, 0.2) is 12.5 Å². The first-order chi connectivity index (χ1) is 8.11. The van der Waals surface area contributed by atoms with Crippen LogP contribution in [-0.4, -0.2) is 33.5 Å². The minimum atomic E-state index is -1.27. The Hall–Kier alpha value is -1.91. The standard InChI is InChI=1S/C13H15NO3/c1-3-11(15)14(12(16)4-2)13(17)10-8-6-5-7-9-10/h3-9,11-12,15-16H,1-2H2. The molecule has 4 heteroatoms. The molecule has 1 aromatic rings. The van der Waals surface area contributed by atoms with Crippen LogP contribution in [0.15, 0.2) is 55.6 Å². The minimum Gasteiger partial charge on any atom is -0.370 e. The normalized spacial score (nSPS) is 13.5. The van der Waals surface area contributed by atoms with Crippen molar-refractivity contribution in [3.63, 3.8) is 0 Å². The van der Waals surface area contributed by atoms with Crippen molar-refractivity contribution in [3.05, 3.63) is 61.2 Å². The third-order valence-electron chi connectivity index (χ3n) is 2.25. The zero-order valence-electron chi connectivity index (χ0n) is 9.36. The van der Waals surface area contributed by atoms with E-state index in [9.17, 15) is 15.0 Å². The van der Waals surface area contributed by atoms with Gasteiger partial charge in [0.25, 0.3) is 5.91 Å². The summed E-state index contributed by atoms with van der Waals surface area (Å²) in [6, 6.07) is 8.37. The second kappa shape index (κ2) is 5.98. The van der Waals surface area contributed by atoms with E-state index < -0.39 is 18.4 Å². The highest BCUT2D eigenvalue weighted by molar-refractivity contribution is 5.94. The van der Waals surface area contributed by atoms with Gasteiger partial charge < -0.3 is 10.2 Å². The molecule has 0 spiro atoms. The lowest BCUT2D eigenvalue weighted by atomic mass is 10.2. The average molecular weight is 233 g/mol. The van der Waals surface area contributed by atoms with Gasteiger partial charge in [-0.2, -0.15) is 0 Å². The van der Waals surface area contributed by atoms with E-state index in [1.54, 1.807) is 30.3 Å². The highest BCUT2D eigenvalue weighted by Crippen LogP contribution is 2.11. The summed E-state index contributed by atoms with van der Waals surface area (Å²) in [6.07, 6.45) is -0.215. The van der Waals surface area contributed by atoms with Gasteiger partial charge in [-0.25, -0.2) is 0 Å². The Morgan fingerprint density at radius 3 is 2.00 bits per heavy atom. The SMILES string of the molecule is C=CC(O)N(C(=O)c1ccccc1)C(O)C=C. The molecule has 0 bridgehead atoms. The molecule has 2 atom stereocenters. The van der Waals surface area contributed by atoms with Gasteiger partial charge in [0.2, 0.25) is 0 Å². The molecule has 2 N–H and O–H groups in total. The molecule has 0 aliphatic carbocycles. The smallest absolute Gasteiger partial charge is 0.258 e. The van der Waals surface area contributed by atoms with Crippen molar-refractivity contribution in [2.45, 2.75) is 12.5 Å². The fourth-order valence-electron chi connectivity index (χ4n) is 1.35. The van der Waals surface area contributed by atoms with E-state index in [1.165, 1.54) is 0 Å². The molecule has 0 saturated heterocycles. The van der Waals surface area contributed by atoms with Crippen LogP contribution < -0.4 is 0 Å². The van der Waals surface area contributed by atoms with Crippen molar-refractivity contribution in [3.8, 4) is 0 Å². The van der Waals surface area contributed by atoms with E-state index in [-0.39, 0.29) is 0 Å². The molecule has 0 radical (unpaired) electrons. The number of carbonyl (C=O) groups excluding carboxylic acids is 1. The Kier molecular flexibility index (Phi) is 4.63. The molecule has 0 fully saturated rings. The van der Waals surface area contributed by atoms with E-state index in [1.807, 2.05) is 0 Å². The zero-order chi connectivity index (χ0) is 12.8. The number of aliphatic hydroxyl groups is 2. The Bertz CT molecular complexity index is 388. The van der Waals surface area contributed by atoms with Gasteiger partial charge in [-0.3, -0.25) is 9.69 Å². The van der Waals surface area contributed by atoms with Gasteiger partial charge in [-0.15, -0.1) is 0 Å². The molecule has 2 unspecified atom stereocenters. The number of rotatable bonds is 5. The monoisotopic (exact) mass is 233 g/mol. The lowest BCUT2D eigenvalue weighted by Gasteiger charge is -2.29. The number of amides is 1. The van der Waals surface area contributed by atoms with Gasteiger partial charge in [-0.1, -0.05) is 31.4 Å². The summed E-state index contributed by atoms with van der Waals surface area (Å²) in [5, 5.41) is 19.3. The largest absolute Gasteiger partial charge is 0.370 e. The number of nitrogens with zero attached hydrogens (tertiary/aromatic N) is 1. The topological polar surface area (TPSA) is 60.8 Å². The predicted molar refractivity (Wildman–Crippen MR) is 65.0 cm³/mol. The number of hydrogen-bond acceptors (Lipinski definition) is 3. The molecule has 0 aliphatic rings. The molecule has 17 heavy (non-hydrogen) atoms. The van der Waals surface area contributed by atoms with Crippen molar-refractivity contribution in [1.82, 2.24) is 4.90 Å². The fourth-order valence-corrected chi connectivity index (χ4v) is 1.35. The first kappa shape index (κ1) is 13.2. The van der Waals surface area contributed by atoms with Crippen LogP contribution in [0.25, 0.3) is 0 Å². The molecule has 0 saturated carbocycles. The van der Waals surface area contributed by atoms with Crippen LogP contribution in [0.5, 0.6) is 0 Å². The second-order valence-electron chi connectivity index (χ2n) is 3.38. The van der Waals surface area contributed by atoms with Crippen molar-refractivity contribution >= 4 is 5.91 Å². The molecule has 90 valence electrons. The van der Waals surface area contributed by atoms with Gasteiger partial charge >= 0.3 is 0 Å². The third-order valence-corrected chi connectivity index (χ3v) is 2.25. The summed E-state index contributed by atoms with van der Waals surface area (Å²) in [5.74, 6) is -0.495. The van der Waals surface area contributed by atoms with Crippen LogP contribution in [0.3, 0.4) is 0 Å². The highest BCUT2D eigenvalue weighted by Gasteiger charge is 2.25. The zero-order valence-corrected chi connectivity index (χ0v) is 9.36. The van der Waals surface area contributed by atoms with E-state index in [4.69, 9.17) is 0 Å². The van der Waals surface area contributed by atoms with Crippen LogP contribution >= 0.6 is 0 Å². The van der Waals surface area contributed by atoms with E-state index in [0.717, 1.165) is 17.1 Å². The summed E-state index contributed by atoms with van der Waals surface area (Å²) in [5.41, 5.74) is 0.370. The lowest BCUT2D eigenvalue weighted by molar-refractivity contribution is -0.0365. The molecule has 1 rings (SSSR count). The molecule has 1 aromatic carbocycles. The molecule has 0 heterocycles. The fraction of sp³-hybridized carbons (Fsp3) is 0.154. The van der Waals surface area contributed by atoms with E-state index in [0.29, 0.717) is 5.56 Å². The second-order valence-corrected chi connectivity index (χ2v) is 3.38. The summed E-state index contributed by atoms with van der Waals surface area (Å²) >= 11 is 0. The maximum atomic E-state index is 12.1. The number of benzene rings is 1. The quantitative estimate of drug-likeness (QED) is 0.592. The number of carbonyl (C=O) groups is 1. The van der Waals surface area contributed by atoms with Crippen molar-refractivity contribution < 1.29 is 15.0 Å². The maximum absolute atomic E-state index is 12.1. The van der Waals surface area contributed by atoms with Gasteiger partial charge in [0.1, 0.15) is 0 Å². The Morgan fingerprint density at radius 1 is 1.12 bits per heavy atom. The summed E-state index contributed by atoms with van der Waals surface area (Å²) < 4.78 is 0. The van der Waals surface area contributed by atoms with Crippen LogP contribution in [0.4, 0.5) is 0 Å². The molecular formula is C13H15NO3. The van der Waals surface area contributed by atoms with Gasteiger partial charge in [0, 0.05) is 5.56 Å². The first-order valence-electron chi connectivity index (χ1n) is 5.10. The van der Waals surface area contributed by atoms with Crippen LogP contribution in [-0.2, 0) is 0 Å². The summed E-state index contributed by atoms with van der Waals surface area (Å²) in [6.45, 7) is 6.77. The Morgan fingerprint density at radius 2 is 1.59 bits per heavy atom. The van der Waals surface area contributed by atoms with Crippen LogP contribution in [0.1, 0.15) is 10.4 Å². The molecule has 0 aromatic heterocycles. The minimum absolute atomic E-state index is 0.370. The average Bonchev–Trinajstić information content (AvgIpc) is 2.39. The summed E-state index contributed by atoms with van der Waals surface area (Å²) in [7, 11) is 0. The summed E-state index contributed by atoms with van der Waals surface area (Å²) in [4.78, 5) is 12.9. The number of hydrogen-bond donors (Lipinski definition) is 2. The molecule has 4 nitrogen and oxygen atoms in total. The van der Waals surface area contributed by atoms with Crippen LogP contribution in [0, 0.1) is 0 Å². The van der Waals surface area contributed by atoms with Gasteiger partial charge in [0.05, 0.1) is 0 Å². The van der Waals surface area contributed by atoms with Crippen molar-refractivity contribution in [1.29, 1.82) is 0 Å². The van der Waals surface area contributed by atoms with E-state index >= 15 is 0 Å². The van der Waals surface area contributed by atoms with Gasteiger partial charge in [-0.05, 0) is 24.3 Å². The first-order valence-corrected chi connectivity index (χ1v) is 5.10. The molecular weight excluding hydrogens is 218 g/mol.